The van der Waals surface area contributed by atoms with Crippen molar-refractivity contribution in [3.8, 4) is 11.5 Å². The zero-order valence-corrected chi connectivity index (χ0v) is 16.8. The lowest BCUT2D eigenvalue weighted by molar-refractivity contribution is 0.0469. The van der Waals surface area contributed by atoms with Crippen molar-refractivity contribution >= 4 is 6.09 Å². The third-order valence-corrected chi connectivity index (χ3v) is 5.12. The van der Waals surface area contributed by atoms with Crippen LogP contribution in [0.4, 0.5) is 4.79 Å². The lowest BCUT2D eigenvalue weighted by Gasteiger charge is -2.34. The van der Waals surface area contributed by atoms with Crippen molar-refractivity contribution in [2.75, 3.05) is 27.3 Å². The molecule has 1 saturated heterocycles. The molecule has 1 amide bonds. The van der Waals surface area contributed by atoms with Crippen molar-refractivity contribution in [1.82, 2.24) is 4.90 Å². The van der Waals surface area contributed by atoms with E-state index in [-0.39, 0.29) is 17.6 Å². The summed E-state index contributed by atoms with van der Waals surface area (Å²) in [6, 6.07) is 5.80. The molecule has 1 N–H and O–H groups in total. The molecule has 0 aromatic heterocycles. The number of benzene rings is 1. The maximum Gasteiger partial charge on any atom is 0.409 e. The average molecular weight is 365 g/mol. The highest BCUT2D eigenvalue weighted by Crippen LogP contribution is 2.47. The van der Waals surface area contributed by atoms with Crippen molar-refractivity contribution in [2.45, 2.75) is 52.2 Å². The third-order valence-electron chi connectivity index (χ3n) is 5.12. The topological polar surface area (TPSA) is 68.2 Å². The molecule has 6 nitrogen and oxygen atoms in total. The largest absolute Gasteiger partial charge is 0.493 e. The zero-order chi connectivity index (χ0) is 19.7. The number of hydrogen-bond acceptors (Lipinski definition) is 5. The Morgan fingerprint density at radius 1 is 1.31 bits per heavy atom. The number of aliphatic hydroxyl groups excluding tert-OH is 1. The lowest BCUT2D eigenvalue weighted by atomic mass is 9.72. The second-order valence-corrected chi connectivity index (χ2v) is 8.21. The molecule has 26 heavy (non-hydrogen) atoms. The Labute approximate surface area is 156 Å². The third kappa shape index (κ3) is 4.06. The first-order valence-electron chi connectivity index (χ1n) is 8.89. The van der Waals surface area contributed by atoms with Gasteiger partial charge in [-0.3, -0.25) is 0 Å². The van der Waals surface area contributed by atoms with Gasteiger partial charge in [0.15, 0.2) is 11.5 Å². The molecule has 1 aromatic rings. The maximum absolute atomic E-state index is 12.0. The SMILES string of the molecule is COC(=O)N1CC(c2ccc(OC)c(OC(C)(C)C)c2)[C@](C)([C@@H](C)O)C1. The van der Waals surface area contributed by atoms with Crippen LogP contribution in [0.1, 0.15) is 46.1 Å². The number of aliphatic hydroxyl groups is 1. The fourth-order valence-corrected chi connectivity index (χ4v) is 3.51. The fraction of sp³-hybridized carbons (Fsp3) is 0.650. The molecule has 1 fully saturated rings. The molecule has 0 saturated carbocycles. The van der Waals surface area contributed by atoms with E-state index in [1.54, 1.807) is 18.9 Å². The van der Waals surface area contributed by atoms with Crippen molar-refractivity contribution in [3.63, 3.8) is 0 Å². The standard InChI is InChI=1S/C20H31NO5/c1-13(22)20(5)12-21(18(23)25-7)11-15(20)14-8-9-16(24-6)17(10-14)26-19(2,3)4/h8-10,13,15,22H,11-12H2,1-7H3/t13-,15?,20+/m1/s1. The van der Waals surface area contributed by atoms with Crippen LogP contribution in [0.3, 0.4) is 0 Å². The van der Waals surface area contributed by atoms with Crippen LogP contribution in [-0.4, -0.2) is 55.1 Å². The molecule has 0 radical (unpaired) electrons. The van der Waals surface area contributed by atoms with Crippen LogP contribution in [0.15, 0.2) is 18.2 Å². The summed E-state index contributed by atoms with van der Waals surface area (Å²) < 4.78 is 16.4. The molecular weight excluding hydrogens is 334 g/mol. The molecule has 0 bridgehead atoms. The minimum Gasteiger partial charge on any atom is -0.493 e. The lowest BCUT2D eigenvalue weighted by Crippen LogP contribution is -2.38. The summed E-state index contributed by atoms with van der Waals surface area (Å²) in [7, 11) is 2.98. The number of carbonyl (C=O) groups excluding carboxylic acids is 1. The number of hydrogen-bond donors (Lipinski definition) is 1. The number of methoxy groups -OCH3 is 2. The number of ether oxygens (including phenoxy) is 3. The average Bonchev–Trinajstić information content (AvgIpc) is 2.92. The van der Waals surface area contributed by atoms with Gasteiger partial charge in [0.1, 0.15) is 5.60 Å². The smallest absolute Gasteiger partial charge is 0.409 e. The molecule has 1 aliphatic heterocycles. The number of amides is 1. The molecule has 3 atom stereocenters. The van der Waals surface area contributed by atoms with E-state index in [0.29, 0.717) is 24.6 Å². The van der Waals surface area contributed by atoms with E-state index < -0.39 is 11.5 Å². The van der Waals surface area contributed by atoms with Gasteiger partial charge in [0.05, 0.1) is 20.3 Å². The Kier molecular flexibility index (Phi) is 5.76. The number of rotatable bonds is 4. The Balaban J connectivity index is 2.44. The van der Waals surface area contributed by atoms with Gasteiger partial charge in [-0.2, -0.15) is 0 Å². The highest BCUT2D eigenvalue weighted by Gasteiger charge is 2.48. The van der Waals surface area contributed by atoms with E-state index in [1.165, 1.54) is 7.11 Å². The van der Waals surface area contributed by atoms with Crippen LogP contribution < -0.4 is 9.47 Å². The number of likely N-dealkylation sites (tertiary alicyclic amines) is 1. The van der Waals surface area contributed by atoms with Gasteiger partial charge in [-0.05, 0) is 45.4 Å². The summed E-state index contributed by atoms with van der Waals surface area (Å²) in [5.41, 5.74) is 0.148. The number of carbonyl (C=O) groups is 1. The molecule has 6 heteroatoms. The van der Waals surface area contributed by atoms with Crippen LogP contribution in [0, 0.1) is 5.41 Å². The predicted octanol–water partition coefficient (Wildman–Crippen LogP) is 3.43. The summed E-state index contributed by atoms with van der Waals surface area (Å²) in [5.74, 6) is 1.27. The van der Waals surface area contributed by atoms with Gasteiger partial charge in [-0.1, -0.05) is 13.0 Å². The van der Waals surface area contributed by atoms with Gasteiger partial charge >= 0.3 is 6.09 Å². The van der Waals surface area contributed by atoms with Gasteiger partial charge in [0, 0.05) is 24.4 Å². The molecule has 2 rings (SSSR count). The Morgan fingerprint density at radius 2 is 1.96 bits per heavy atom. The summed E-state index contributed by atoms with van der Waals surface area (Å²) in [6.45, 7) is 10.6. The van der Waals surface area contributed by atoms with Gasteiger partial charge in [0.2, 0.25) is 0 Å². The van der Waals surface area contributed by atoms with Crippen LogP contribution in [-0.2, 0) is 4.74 Å². The van der Waals surface area contributed by atoms with Gasteiger partial charge in [-0.25, -0.2) is 4.79 Å². The van der Waals surface area contributed by atoms with Gasteiger partial charge in [-0.15, -0.1) is 0 Å². The molecule has 0 aliphatic carbocycles. The molecular formula is C20H31NO5. The second kappa shape index (κ2) is 7.35. The molecule has 1 aromatic carbocycles. The Hall–Kier alpha value is -1.95. The van der Waals surface area contributed by atoms with E-state index >= 15 is 0 Å². The van der Waals surface area contributed by atoms with Crippen molar-refractivity contribution in [1.29, 1.82) is 0 Å². The van der Waals surface area contributed by atoms with Crippen molar-refractivity contribution in [3.05, 3.63) is 23.8 Å². The zero-order valence-electron chi connectivity index (χ0n) is 16.8. The normalized spacial score (nSPS) is 24.3. The van der Waals surface area contributed by atoms with Crippen LogP contribution >= 0.6 is 0 Å². The summed E-state index contributed by atoms with van der Waals surface area (Å²) >= 11 is 0. The van der Waals surface area contributed by atoms with Gasteiger partial charge < -0.3 is 24.2 Å². The first-order chi connectivity index (χ1) is 12.0. The van der Waals surface area contributed by atoms with Crippen LogP contribution in [0.2, 0.25) is 0 Å². The van der Waals surface area contributed by atoms with Crippen molar-refractivity contribution < 1.29 is 24.1 Å². The molecule has 1 aliphatic rings. The highest BCUT2D eigenvalue weighted by molar-refractivity contribution is 5.68. The van der Waals surface area contributed by atoms with Crippen LogP contribution in [0.5, 0.6) is 11.5 Å². The summed E-state index contributed by atoms with van der Waals surface area (Å²) in [6.07, 6.45) is -0.963. The second-order valence-electron chi connectivity index (χ2n) is 8.21. The minimum absolute atomic E-state index is 0.0465. The monoisotopic (exact) mass is 365 g/mol. The van der Waals surface area contributed by atoms with E-state index in [1.807, 2.05) is 45.9 Å². The quantitative estimate of drug-likeness (QED) is 0.885. The van der Waals surface area contributed by atoms with Crippen LogP contribution in [0.25, 0.3) is 0 Å². The maximum atomic E-state index is 12.0. The fourth-order valence-electron chi connectivity index (χ4n) is 3.51. The Bertz CT molecular complexity index is 652. The summed E-state index contributed by atoms with van der Waals surface area (Å²) in [4.78, 5) is 13.7. The first kappa shape index (κ1) is 20.4. The highest BCUT2D eigenvalue weighted by atomic mass is 16.5. The Morgan fingerprint density at radius 3 is 2.46 bits per heavy atom. The van der Waals surface area contributed by atoms with Crippen molar-refractivity contribution in [2.24, 2.45) is 5.41 Å². The van der Waals surface area contributed by atoms with E-state index in [4.69, 9.17) is 14.2 Å². The van der Waals surface area contributed by atoms with E-state index in [0.717, 1.165) is 5.56 Å². The molecule has 1 unspecified atom stereocenters. The van der Waals surface area contributed by atoms with E-state index in [9.17, 15) is 9.90 Å². The van der Waals surface area contributed by atoms with Gasteiger partial charge in [0.25, 0.3) is 0 Å². The van der Waals surface area contributed by atoms with E-state index in [2.05, 4.69) is 0 Å². The minimum atomic E-state index is -0.587. The number of nitrogens with zero attached hydrogens (tertiary/aromatic N) is 1. The predicted molar refractivity (Wildman–Crippen MR) is 99.9 cm³/mol. The first-order valence-corrected chi connectivity index (χ1v) is 8.89. The molecule has 1 heterocycles. The molecule has 146 valence electrons. The summed E-state index contributed by atoms with van der Waals surface area (Å²) in [5, 5.41) is 10.4. The molecule has 0 spiro atoms.